The van der Waals surface area contributed by atoms with Crippen molar-refractivity contribution in [1.29, 1.82) is 0 Å². The standard InChI is InChI=1S/C19H23N3O2/c1-20-8-7-17(15-20)14-19(24)22-11-9-21(10-12-22)18(23)13-16-5-3-2-4-6-16/h2-8,15H,9-14H2,1H3. The highest BCUT2D eigenvalue weighted by molar-refractivity contribution is 5.81. The van der Waals surface area contributed by atoms with Gasteiger partial charge in [0.2, 0.25) is 11.8 Å². The summed E-state index contributed by atoms with van der Waals surface area (Å²) in [6.45, 7) is 2.47. The van der Waals surface area contributed by atoms with Gasteiger partial charge in [0, 0.05) is 45.6 Å². The van der Waals surface area contributed by atoms with Crippen LogP contribution >= 0.6 is 0 Å². The number of carbonyl (C=O) groups is 2. The van der Waals surface area contributed by atoms with Crippen molar-refractivity contribution in [2.45, 2.75) is 12.8 Å². The van der Waals surface area contributed by atoms with E-state index in [1.54, 1.807) is 0 Å². The van der Waals surface area contributed by atoms with E-state index < -0.39 is 0 Å². The first-order valence-corrected chi connectivity index (χ1v) is 8.32. The fourth-order valence-corrected chi connectivity index (χ4v) is 3.04. The molecular weight excluding hydrogens is 302 g/mol. The molecule has 1 aromatic heterocycles. The van der Waals surface area contributed by atoms with E-state index >= 15 is 0 Å². The number of hydrogen-bond acceptors (Lipinski definition) is 2. The Labute approximate surface area is 142 Å². The van der Waals surface area contributed by atoms with Crippen molar-refractivity contribution in [3.8, 4) is 0 Å². The van der Waals surface area contributed by atoms with E-state index in [0.717, 1.165) is 11.1 Å². The van der Waals surface area contributed by atoms with Crippen molar-refractivity contribution in [1.82, 2.24) is 14.4 Å². The molecule has 126 valence electrons. The minimum Gasteiger partial charge on any atom is -0.357 e. The highest BCUT2D eigenvalue weighted by Crippen LogP contribution is 2.09. The van der Waals surface area contributed by atoms with Gasteiger partial charge in [0.15, 0.2) is 0 Å². The zero-order chi connectivity index (χ0) is 16.9. The highest BCUT2D eigenvalue weighted by atomic mass is 16.2. The highest BCUT2D eigenvalue weighted by Gasteiger charge is 2.24. The maximum absolute atomic E-state index is 12.4. The Kier molecular flexibility index (Phi) is 4.99. The van der Waals surface area contributed by atoms with E-state index in [1.807, 2.05) is 70.2 Å². The molecule has 1 aliphatic rings. The molecule has 0 spiro atoms. The Morgan fingerprint density at radius 2 is 1.38 bits per heavy atom. The molecule has 24 heavy (non-hydrogen) atoms. The Morgan fingerprint density at radius 3 is 1.88 bits per heavy atom. The second kappa shape index (κ2) is 7.34. The second-order valence-corrected chi connectivity index (χ2v) is 6.29. The van der Waals surface area contributed by atoms with Crippen LogP contribution in [0.1, 0.15) is 11.1 Å². The van der Waals surface area contributed by atoms with E-state index in [4.69, 9.17) is 0 Å². The quantitative estimate of drug-likeness (QED) is 0.855. The molecule has 2 heterocycles. The van der Waals surface area contributed by atoms with Gasteiger partial charge in [-0.3, -0.25) is 9.59 Å². The lowest BCUT2D eigenvalue weighted by atomic mass is 10.1. The first kappa shape index (κ1) is 16.3. The zero-order valence-electron chi connectivity index (χ0n) is 14.0. The van der Waals surface area contributed by atoms with Crippen molar-refractivity contribution in [3.63, 3.8) is 0 Å². The molecule has 5 heteroatoms. The van der Waals surface area contributed by atoms with Gasteiger partial charge in [0.05, 0.1) is 12.8 Å². The molecule has 0 atom stereocenters. The van der Waals surface area contributed by atoms with E-state index in [0.29, 0.717) is 39.0 Å². The van der Waals surface area contributed by atoms with Crippen molar-refractivity contribution in [2.24, 2.45) is 7.05 Å². The Morgan fingerprint density at radius 1 is 0.833 bits per heavy atom. The van der Waals surface area contributed by atoms with Gasteiger partial charge in [0.1, 0.15) is 0 Å². The third-order valence-corrected chi connectivity index (χ3v) is 4.43. The smallest absolute Gasteiger partial charge is 0.227 e. The summed E-state index contributed by atoms with van der Waals surface area (Å²) >= 11 is 0. The molecular formula is C19H23N3O2. The fourth-order valence-electron chi connectivity index (χ4n) is 3.04. The number of nitrogens with zero attached hydrogens (tertiary/aromatic N) is 3. The summed E-state index contributed by atoms with van der Waals surface area (Å²) in [6, 6.07) is 11.8. The van der Waals surface area contributed by atoms with Gasteiger partial charge in [-0.15, -0.1) is 0 Å². The predicted molar refractivity (Wildman–Crippen MR) is 92.4 cm³/mol. The van der Waals surface area contributed by atoms with Crippen molar-refractivity contribution in [3.05, 3.63) is 59.9 Å². The number of aryl methyl sites for hydroxylation is 1. The average Bonchev–Trinajstić information content (AvgIpc) is 3.00. The van der Waals surface area contributed by atoms with Crippen molar-refractivity contribution < 1.29 is 9.59 Å². The molecule has 5 nitrogen and oxygen atoms in total. The Balaban J connectivity index is 1.48. The number of rotatable bonds is 4. The lowest BCUT2D eigenvalue weighted by molar-refractivity contribution is -0.138. The summed E-state index contributed by atoms with van der Waals surface area (Å²) in [7, 11) is 1.95. The van der Waals surface area contributed by atoms with Crippen LogP contribution in [0.3, 0.4) is 0 Å². The van der Waals surface area contributed by atoms with Crippen LogP contribution in [0, 0.1) is 0 Å². The van der Waals surface area contributed by atoms with Crippen LogP contribution < -0.4 is 0 Å². The van der Waals surface area contributed by atoms with Crippen LogP contribution in [-0.4, -0.2) is 52.4 Å². The normalized spacial score (nSPS) is 14.7. The van der Waals surface area contributed by atoms with Gasteiger partial charge < -0.3 is 14.4 Å². The monoisotopic (exact) mass is 325 g/mol. The maximum atomic E-state index is 12.4. The summed E-state index contributed by atoms with van der Waals surface area (Å²) in [4.78, 5) is 28.4. The summed E-state index contributed by atoms with van der Waals surface area (Å²) in [6.07, 6.45) is 4.78. The summed E-state index contributed by atoms with van der Waals surface area (Å²) in [5.41, 5.74) is 2.06. The zero-order valence-corrected chi connectivity index (χ0v) is 14.0. The first-order chi connectivity index (χ1) is 11.6. The van der Waals surface area contributed by atoms with E-state index in [2.05, 4.69) is 0 Å². The molecule has 0 unspecified atom stereocenters. The molecule has 1 saturated heterocycles. The van der Waals surface area contributed by atoms with Crippen LogP contribution in [0.2, 0.25) is 0 Å². The van der Waals surface area contributed by atoms with Crippen LogP contribution in [0.25, 0.3) is 0 Å². The number of benzene rings is 1. The molecule has 2 amide bonds. The Bertz CT molecular complexity index is 700. The SMILES string of the molecule is Cn1ccc(CC(=O)N2CCN(C(=O)Cc3ccccc3)CC2)c1. The summed E-state index contributed by atoms with van der Waals surface area (Å²) < 4.78 is 1.95. The first-order valence-electron chi connectivity index (χ1n) is 8.32. The van der Waals surface area contributed by atoms with Gasteiger partial charge in [-0.1, -0.05) is 30.3 Å². The van der Waals surface area contributed by atoms with E-state index in [1.165, 1.54) is 0 Å². The number of amides is 2. The molecule has 0 aliphatic carbocycles. The van der Waals surface area contributed by atoms with Crippen molar-refractivity contribution in [2.75, 3.05) is 26.2 Å². The van der Waals surface area contributed by atoms with Crippen LogP contribution in [0.5, 0.6) is 0 Å². The topological polar surface area (TPSA) is 45.6 Å². The summed E-state index contributed by atoms with van der Waals surface area (Å²) in [5.74, 6) is 0.271. The van der Waals surface area contributed by atoms with E-state index in [9.17, 15) is 9.59 Å². The van der Waals surface area contributed by atoms with Crippen molar-refractivity contribution >= 4 is 11.8 Å². The molecule has 1 aromatic carbocycles. The number of piperazine rings is 1. The van der Waals surface area contributed by atoms with Gasteiger partial charge in [-0.2, -0.15) is 0 Å². The fraction of sp³-hybridized carbons (Fsp3) is 0.368. The predicted octanol–water partition coefficient (Wildman–Crippen LogP) is 1.48. The second-order valence-electron chi connectivity index (χ2n) is 6.29. The molecule has 1 aliphatic heterocycles. The Hall–Kier alpha value is -2.56. The molecule has 0 bridgehead atoms. The molecule has 3 rings (SSSR count). The third kappa shape index (κ3) is 4.04. The van der Waals surface area contributed by atoms with Gasteiger partial charge in [-0.25, -0.2) is 0 Å². The van der Waals surface area contributed by atoms with Gasteiger partial charge in [0.25, 0.3) is 0 Å². The molecule has 0 radical (unpaired) electrons. The van der Waals surface area contributed by atoms with Gasteiger partial charge in [-0.05, 0) is 17.2 Å². The van der Waals surface area contributed by atoms with Crippen LogP contribution in [-0.2, 0) is 29.5 Å². The third-order valence-electron chi connectivity index (χ3n) is 4.43. The largest absolute Gasteiger partial charge is 0.357 e. The van der Waals surface area contributed by atoms with E-state index in [-0.39, 0.29) is 11.8 Å². The number of aromatic nitrogens is 1. The average molecular weight is 325 g/mol. The maximum Gasteiger partial charge on any atom is 0.227 e. The lowest BCUT2D eigenvalue weighted by Gasteiger charge is -2.35. The number of hydrogen-bond donors (Lipinski definition) is 0. The van der Waals surface area contributed by atoms with Crippen LogP contribution in [0.4, 0.5) is 0 Å². The molecule has 0 saturated carbocycles. The minimum atomic E-state index is 0.136. The van der Waals surface area contributed by atoms with Gasteiger partial charge >= 0.3 is 0 Å². The minimum absolute atomic E-state index is 0.136. The summed E-state index contributed by atoms with van der Waals surface area (Å²) in [5, 5.41) is 0. The molecule has 0 N–H and O–H groups in total. The molecule has 2 aromatic rings. The number of carbonyl (C=O) groups excluding carboxylic acids is 2. The molecule has 1 fully saturated rings. The van der Waals surface area contributed by atoms with Crippen LogP contribution in [0.15, 0.2) is 48.8 Å². The lowest BCUT2D eigenvalue weighted by Crippen LogP contribution is -2.51.